The summed E-state index contributed by atoms with van der Waals surface area (Å²) >= 11 is 0.748. The predicted octanol–water partition coefficient (Wildman–Crippen LogP) is 0.977. The van der Waals surface area contributed by atoms with Gasteiger partial charge in [-0.15, -0.1) is 11.3 Å². The number of sulfonamides is 1. The number of benzene rings is 1. The maximum absolute atomic E-state index is 12.8. The van der Waals surface area contributed by atoms with Crippen LogP contribution in [0.4, 0.5) is 23.9 Å². The number of alkyl halides is 3. The number of carboxylic acids is 1. The van der Waals surface area contributed by atoms with Crippen LogP contribution in [0.3, 0.4) is 0 Å². The van der Waals surface area contributed by atoms with Crippen molar-refractivity contribution in [1.82, 2.24) is 9.40 Å². The smallest absolute Gasteiger partial charge is 0.416 e. The summed E-state index contributed by atoms with van der Waals surface area (Å²) in [6.07, 6.45) is -4.97. The molecule has 0 atom stereocenters. The van der Waals surface area contributed by atoms with Gasteiger partial charge in [-0.1, -0.05) is 0 Å². The molecule has 1 aromatic carbocycles. The van der Waals surface area contributed by atoms with Gasteiger partial charge in [0.2, 0.25) is 10.0 Å². The highest BCUT2D eigenvalue weighted by Gasteiger charge is 2.36. The molecule has 12 nitrogen and oxygen atoms in total. The lowest BCUT2D eigenvalue weighted by Gasteiger charge is -2.20. The number of carbonyl (C=O) groups is 1. The van der Waals surface area contributed by atoms with Gasteiger partial charge >= 0.3 is 23.3 Å². The van der Waals surface area contributed by atoms with Crippen LogP contribution in [0.15, 0.2) is 44.1 Å². The van der Waals surface area contributed by atoms with Crippen molar-refractivity contribution < 1.29 is 36.4 Å². The average Bonchev–Trinajstić information content (AvgIpc) is 3.08. The van der Waals surface area contributed by atoms with E-state index in [4.69, 9.17) is 0 Å². The zero-order valence-corrected chi connectivity index (χ0v) is 16.8. The minimum atomic E-state index is -4.97. The quantitative estimate of drug-likeness (QED) is 0.201. The van der Waals surface area contributed by atoms with Crippen LogP contribution in [0.25, 0.3) is 0 Å². The summed E-state index contributed by atoms with van der Waals surface area (Å²) in [5, 5.41) is 22.2. The summed E-state index contributed by atoms with van der Waals surface area (Å²) in [7, 11) is -4.85. The van der Waals surface area contributed by atoms with Gasteiger partial charge in [-0.2, -0.15) is 22.6 Å². The van der Waals surface area contributed by atoms with Gasteiger partial charge < -0.3 is 5.11 Å². The summed E-state index contributed by atoms with van der Waals surface area (Å²) in [6.45, 7) is -0.932. The zero-order valence-electron chi connectivity index (χ0n) is 15.2. The van der Waals surface area contributed by atoms with Crippen molar-refractivity contribution in [2.24, 2.45) is 0 Å². The average molecular weight is 494 g/mol. The molecule has 2 N–H and O–H groups in total. The summed E-state index contributed by atoms with van der Waals surface area (Å²) in [5.41, 5.74) is -5.33. The molecule has 0 aliphatic carbocycles. The summed E-state index contributed by atoms with van der Waals surface area (Å²) in [6, 6.07) is 1.89. The Kier molecular flexibility index (Phi) is 5.66. The Morgan fingerprint density at radius 2 is 1.88 bits per heavy atom. The van der Waals surface area contributed by atoms with Gasteiger partial charge in [0.25, 0.3) is 5.69 Å². The highest BCUT2D eigenvalue weighted by molar-refractivity contribution is 7.89. The van der Waals surface area contributed by atoms with E-state index in [0.717, 1.165) is 17.4 Å². The molecule has 0 unspecified atom stereocenters. The highest BCUT2D eigenvalue weighted by atomic mass is 32.2. The fourth-order valence-electron chi connectivity index (χ4n) is 2.53. The number of nitrogens with one attached hydrogen (secondary N) is 1. The minimum Gasteiger partial charge on any atom is -0.478 e. The number of rotatable bonds is 8. The standard InChI is InChI=1S/C15H9F3N4O8S2/c16-15(17,18)7-1-2-10(9(5-7)22(27)28)32(29,30)19-6-20(21-11(23)12(21)24)13-8(14(25)26)3-4-31-13/h1-5,19H,6H2,(H,25,26). The van der Waals surface area contributed by atoms with Crippen LogP contribution in [0.1, 0.15) is 15.9 Å². The van der Waals surface area contributed by atoms with Crippen molar-refractivity contribution in [2.75, 3.05) is 11.7 Å². The monoisotopic (exact) mass is 494 g/mol. The zero-order chi connectivity index (χ0) is 24.0. The Morgan fingerprint density at radius 3 is 2.38 bits per heavy atom. The van der Waals surface area contributed by atoms with Crippen molar-refractivity contribution in [3.8, 4) is 0 Å². The molecule has 2 aromatic heterocycles. The summed E-state index contributed by atoms with van der Waals surface area (Å²) in [5.74, 6) is -1.45. The lowest BCUT2D eigenvalue weighted by atomic mass is 10.2. The van der Waals surface area contributed by atoms with Crippen LogP contribution < -0.4 is 20.8 Å². The molecular formula is C15H9F3N4O8S2. The molecule has 3 rings (SSSR count). The fraction of sp³-hybridized carbons (Fsp3) is 0.133. The second kappa shape index (κ2) is 7.84. The third kappa shape index (κ3) is 4.25. The lowest BCUT2D eigenvalue weighted by Crippen LogP contribution is -2.41. The first-order valence-corrected chi connectivity index (χ1v) is 10.4. The largest absolute Gasteiger partial charge is 0.478 e. The molecule has 3 aromatic rings. The van der Waals surface area contributed by atoms with E-state index >= 15 is 0 Å². The molecule has 0 saturated heterocycles. The number of aromatic carboxylic acids is 1. The number of nitro benzene ring substituents is 1. The second-order valence-corrected chi connectivity index (χ2v) is 8.64. The van der Waals surface area contributed by atoms with E-state index in [0.29, 0.717) is 21.8 Å². The first kappa shape index (κ1) is 23.1. The maximum atomic E-state index is 12.8. The van der Waals surface area contributed by atoms with Crippen LogP contribution in [0.5, 0.6) is 0 Å². The van der Waals surface area contributed by atoms with Crippen molar-refractivity contribution in [2.45, 2.75) is 11.1 Å². The van der Waals surface area contributed by atoms with Gasteiger partial charge in [-0.25, -0.2) is 18.2 Å². The van der Waals surface area contributed by atoms with E-state index in [-0.39, 0.29) is 16.6 Å². The Hall–Kier alpha value is -3.57. The van der Waals surface area contributed by atoms with Crippen LogP contribution in [0.2, 0.25) is 0 Å². The Balaban J connectivity index is 1.98. The summed E-state index contributed by atoms with van der Waals surface area (Å²) < 4.78 is 65.9. The van der Waals surface area contributed by atoms with Crippen LogP contribution in [-0.4, -0.2) is 35.8 Å². The SMILES string of the molecule is O=C(O)c1ccsc1N(CNS(=O)(=O)c1ccc(C(F)(F)F)cc1[N+](=O)[O-])n1c(=O)c1=O. The highest BCUT2D eigenvalue weighted by Crippen LogP contribution is 2.34. The molecule has 0 fully saturated rings. The molecule has 170 valence electrons. The number of halogens is 3. The van der Waals surface area contributed by atoms with Gasteiger partial charge in [0, 0.05) is 6.07 Å². The molecule has 0 saturated carbocycles. The van der Waals surface area contributed by atoms with Gasteiger partial charge in [0.15, 0.2) is 4.90 Å². The van der Waals surface area contributed by atoms with E-state index < -0.39 is 61.0 Å². The van der Waals surface area contributed by atoms with E-state index in [1.165, 1.54) is 5.38 Å². The topological polar surface area (TPSA) is 169 Å². The van der Waals surface area contributed by atoms with Gasteiger partial charge in [-0.3, -0.25) is 19.7 Å². The van der Waals surface area contributed by atoms with Gasteiger partial charge in [0.05, 0.1) is 16.1 Å². The number of nitro groups is 1. The van der Waals surface area contributed by atoms with Crippen LogP contribution in [-0.2, 0) is 16.2 Å². The molecule has 0 bridgehead atoms. The third-order valence-corrected chi connectivity index (χ3v) is 6.41. The number of anilines is 1. The molecule has 0 aliphatic heterocycles. The van der Waals surface area contributed by atoms with Gasteiger partial charge in [-0.05, 0) is 23.6 Å². The molecule has 0 spiro atoms. The number of nitrogens with zero attached hydrogens (tertiary/aromatic N) is 3. The summed E-state index contributed by atoms with van der Waals surface area (Å²) in [4.78, 5) is 43.1. The minimum absolute atomic E-state index is 0.0472. The third-order valence-electron chi connectivity index (χ3n) is 4.05. The van der Waals surface area contributed by atoms with Crippen molar-refractivity contribution in [3.05, 3.63) is 71.6 Å². The predicted molar refractivity (Wildman–Crippen MR) is 102 cm³/mol. The van der Waals surface area contributed by atoms with E-state index in [2.05, 4.69) is 0 Å². The van der Waals surface area contributed by atoms with Crippen LogP contribution in [0, 0.1) is 10.1 Å². The first-order valence-electron chi connectivity index (χ1n) is 8.07. The Bertz CT molecular complexity index is 1380. The number of thiophene rings is 1. The maximum Gasteiger partial charge on any atom is 0.416 e. The van der Waals surface area contributed by atoms with Gasteiger partial charge in [0.1, 0.15) is 11.7 Å². The van der Waals surface area contributed by atoms with E-state index in [9.17, 15) is 51.2 Å². The number of aromatic nitrogens is 1. The molecule has 0 aliphatic rings. The number of carboxylic acid groups (broad SMARTS) is 1. The first-order chi connectivity index (χ1) is 14.8. The normalized spacial score (nSPS) is 12.2. The molecule has 32 heavy (non-hydrogen) atoms. The van der Waals surface area contributed by atoms with Crippen LogP contribution >= 0.6 is 11.3 Å². The molecule has 0 amide bonds. The number of hydrogen-bond donors (Lipinski definition) is 2. The molecule has 2 heterocycles. The molecular weight excluding hydrogens is 485 g/mol. The van der Waals surface area contributed by atoms with Crippen molar-refractivity contribution >= 4 is 38.0 Å². The fourth-order valence-corrected chi connectivity index (χ4v) is 4.52. The molecule has 0 radical (unpaired) electrons. The lowest BCUT2D eigenvalue weighted by molar-refractivity contribution is -0.388. The van der Waals surface area contributed by atoms with Crippen molar-refractivity contribution in [3.63, 3.8) is 0 Å². The van der Waals surface area contributed by atoms with Crippen molar-refractivity contribution in [1.29, 1.82) is 0 Å². The van der Waals surface area contributed by atoms with E-state index in [1.54, 1.807) is 0 Å². The second-order valence-electron chi connectivity index (χ2n) is 6.01. The Morgan fingerprint density at radius 1 is 1.25 bits per heavy atom. The Labute approximate surface area is 178 Å². The number of hydrogen-bond acceptors (Lipinski definition) is 9. The molecule has 17 heteroatoms. The van der Waals surface area contributed by atoms with E-state index in [1.807, 2.05) is 4.72 Å².